The lowest BCUT2D eigenvalue weighted by Crippen LogP contribution is -2.10. The van der Waals surface area contributed by atoms with Gasteiger partial charge < -0.3 is 9.47 Å². The fourth-order valence-corrected chi connectivity index (χ4v) is 5.56. The Bertz CT molecular complexity index is 1130. The zero-order chi connectivity index (χ0) is 21.7. The summed E-state index contributed by atoms with van der Waals surface area (Å²) in [5.41, 5.74) is 1.50. The molecular weight excluding hydrogens is 434 g/mol. The van der Waals surface area contributed by atoms with Gasteiger partial charge in [0.2, 0.25) is 0 Å². The third-order valence-electron chi connectivity index (χ3n) is 4.61. The standard InChI is InChI=1S/C23H21NO5S2/c25-23(28-14-18-3-1-2-12-24-18)13-17-4-6-19(7-5-17)29-20-8-10-22(11-9-20)31(26,27)16-21-15-30-21/h1-12,21H,13-16H2. The molecule has 6 nitrogen and oxygen atoms in total. The Morgan fingerprint density at radius 3 is 2.29 bits per heavy atom. The molecule has 0 bridgehead atoms. The molecule has 31 heavy (non-hydrogen) atoms. The van der Waals surface area contributed by atoms with Gasteiger partial charge in [0.15, 0.2) is 9.84 Å². The predicted molar refractivity (Wildman–Crippen MR) is 119 cm³/mol. The number of pyridine rings is 1. The Balaban J connectivity index is 1.29. The quantitative estimate of drug-likeness (QED) is 0.356. The van der Waals surface area contributed by atoms with Crippen molar-refractivity contribution in [2.45, 2.75) is 23.2 Å². The van der Waals surface area contributed by atoms with Crippen molar-refractivity contribution in [3.63, 3.8) is 0 Å². The number of nitrogens with zero attached hydrogens (tertiary/aromatic N) is 1. The lowest BCUT2D eigenvalue weighted by Gasteiger charge is -2.08. The first-order valence-electron chi connectivity index (χ1n) is 9.75. The van der Waals surface area contributed by atoms with Gasteiger partial charge >= 0.3 is 5.97 Å². The third kappa shape index (κ3) is 6.32. The minimum absolute atomic E-state index is 0.145. The second-order valence-electron chi connectivity index (χ2n) is 7.11. The van der Waals surface area contributed by atoms with E-state index in [1.807, 2.05) is 6.07 Å². The van der Waals surface area contributed by atoms with Gasteiger partial charge in [-0.1, -0.05) is 18.2 Å². The van der Waals surface area contributed by atoms with Crippen LogP contribution in [0.3, 0.4) is 0 Å². The summed E-state index contributed by atoms with van der Waals surface area (Å²) in [7, 11) is -3.25. The predicted octanol–water partition coefficient (Wildman–Crippen LogP) is 4.05. The van der Waals surface area contributed by atoms with Crippen molar-refractivity contribution in [1.29, 1.82) is 0 Å². The maximum atomic E-state index is 12.3. The van der Waals surface area contributed by atoms with E-state index in [2.05, 4.69) is 4.98 Å². The van der Waals surface area contributed by atoms with Crippen molar-refractivity contribution >= 4 is 27.6 Å². The second kappa shape index (κ2) is 9.53. The first kappa shape index (κ1) is 21.4. The topological polar surface area (TPSA) is 82.6 Å². The highest BCUT2D eigenvalue weighted by atomic mass is 32.2. The highest BCUT2D eigenvalue weighted by molar-refractivity contribution is 8.08. The van der Waals surface area contributed by atoms with Crippen LogP contribution >= 0.6 is 11.8 Å². The van der Waals surface area contributed by atoms with Crippen LogP contribution in [0, 0.1) is 0 Å². The molecule has 0 radical (unpaired) electrons. The molecule has 1 fully saturated rings. The van der Waals surface area contributed by atoms with Gasteiger partial charge in [0.25, 0.3) is 0 Å². The van der Waals surface area contributed by atoms with Crippen molar-refractivity contribution < 1.29 is 22.7 Å². The molecule has 0 spiro atoms. The number of benzene rings is 2. The highest BCUT2D eigenvalue weighted by Crippen LogP contribution is 2.33. The van der Waals surface area contributed by atoms with E-state index < -0.39 is 9.84 Å². The number of rotatable bonds is 9. The van der Waals surface area contributed by atoms with Crippen molar-refractivity contribution in [2.75, 3.05) is 11.5 Å². The summed E-state index contributed by atoms with van der Waals surface area (Å²) in [6.07, 6.45) is 1.81. The van der Waals surface area contributed by atoms with Crippen LogP contribution in [-0.2, 0) is 32.4 Å². The average molecular weight is 456 g/mol. The van der Waals surface area contributed by atoms with Crippen LogP contribution in [0.15, 0.2) is 77.8 Å². The van der Waals surface area contributed by atoms with Crippen molar-refractivity contribution in [2.24, 2.45) is 0 Å². The largest absolute Gasteiger partial charge is 0.459 e. The average Bonchev–Trinajstić information content (AvgIpc) is 3.58. The summed E-state index contributed by atoms with van der Waals surface area (Å²) in [5, 5.41) is 0.228. The van der Waals surface area contributed by atoms with Gasteiger partial charge in [-0.05, 0) is 54.1 Å². The maximum absolute atomic E-state index is 12.3. The molecule has 0 amide bonds. The van der Waals surface area contributed by atoms with E-state index in [-0.39, 0.29) is 30.0 Å². The van der Waals surface area contributed by atoms with E-state index in [1.54, 1.807) is 78.6 Å². The first-order valence-corrected chi connectivity index (χ1v) is 12.4. The van der Waals surface area contributed by atoms with Gasteiger partial charge in [-0.15, -0.1) is 0 Å². The van der Waals surface area contributed by atoms with Crippen molar-refractivity contribution in [3.05, 3.63) is 84.2 Å². The van der Waals surface area contributed by atoms with Gasteiger partial charge in [0.1, 0.15) is 18.1 Å². The number of hydrogen-bond acceptors (Lipinski definition) is 7. The molecule has 8 heteroatoms. The molecule has 1 aromatic heterocycles. The molecule has 0 saturated carbocycles. The van der Waals surface area contributed by atoms with Crippen LogP contribution in [0.5, 0.6) is 11.5 Å². The normalized spacial score (nSPS) is 15.3. The van der Waals surface area contributed by atoms with Crippen LogP contribution in [0.25, 0.3) is 0 Å². The molecule has 0 N–H and O–H groups in total. The molecule has 4 rings (SSSR count). The fraction of sp³-hybridized carbons (Fsp3) is 0.217. The maximum Gasteiger partial charge on any atom is 0.310 e. The van der Waals surface area contributed by atoms with Gasteiger partial charge in [-0.25, -0.2) is 8.42 Å². The lowest BCUT2D eigenvalue weighted by molar-refractivity contribution is -0.144. The molecular formula is C23H21NO5S2. The van der Waals surface area contributed by atoms with Crippen LogP contribution < -0.4 is 4.74 Å². The molecule has 2 heterocycles. The van der Waals surface area contributed by atoms with Gasteiger partial charge in [0, 0.05) is 17.2 Å². The molecule has 2 aromatic carbocycles. The molecule has 1 saturated heterocycles. The molecule has 1 unspecified atom stereocenters. The minimum atomic E-state index is -3.25. The molecule has 0 aliphatic carbocycles. The summed E-state index contributed by atoms with van der Waals surface area (Å²) >= 11 is 1.67. The van der Waals surface area contributed by atoms with Crippen LogP contribution in [-0.4, -0.2) is 36.1 Å². The second-order valence-corrected chi connectivity index (χ2v) is 10.5. The molecule has 1 aliphatic rings. The molecule has 3 aromatic rings. The summed E-state index contributed by atoms with van der Waals surface area (Å²) in [5.74, 6) is 1.90. The van der Waals surface area contributed by atoms with E-state index in [1.165, 1.54) is 0 Å². The smallest absolute Gasteiger partial charge is 0.310 e. The highest BCUT2D eigenvalue weighted by Gasteiger charge is 2.29. The summed E-state index contributed by atoms with van der Waals surface area (Å²) in [4.78, 5) is 16.4. The number of esters is 1. The number of sulfone groups is 1. The fourth-order valence-electron chi connectivity index (χ4n) is 2.89. The van der Waals surface area contributed by atoms with Crippen molar-refractivity contribution in [3.8, 4) is 11.5 Å². The number of hydrogen-bond donors (Lipinski definition) is 0. The summed E-state index contributed by atoms with van der Waals surface area (Å²) in [6, 6.07) is 19.0. The number of carbonyl (C=O) groups is 1. The first-order chi connectivity index (χ1) is 15.0. The molecule has 1 aliphatic heterocycles. The van der Waals surface area contributed by atoms with Crippen LogP contribution in [0.4, 0.5) is 0 Å². The number of thioether (sulfide) groups is 1. The van der Waals surface area contributed by atoms with E-state index >= 15 is 0 Å². The Kier molecular flexibility index (Phi) is 6.58. The third-order valence-corrected chi connectivity index (χ3v) is 7.62. The van der Waals surface area contributed by atoms with Gasteiger partial charge in [-0.2, -0.15) is 11.8 Å². The number of ether oxygens (including phenoxy) is 2. The lowest BCUT2D eigenvalue weighted by atomic mass is 10.1. The van der Waals surface area contributed by atoms with E-state index in [9.17, 15) is 13.2 Å². The number of aromatic nitrogens is 1. The Morgan fingerprint density at radius 1 is 1.00 bits per heavy atom. The van der Waals surface area contributed by atoms with E-state index in [0.717, 1.165) is 11.3 Å². The summed E-state index contributed by atoms with van der Waals surface area (Å²) in [6.45, 7) is 0.145. The Labute approximate surface area is 185 Å². The zero-order valence-electron chi connectivity index (χ0n) is 16.6. The summed E-state index contributed by atoms with van der Waals surface area (Å²) < 4.78 is 35.6. The van der Waals surface area contributed by atoms with E-state index in [0.29, 0.717) is 22.1 Å². The van der Waals surface area contributed by atoms with Crippen molar-refractivity contribution in [1.82, 2.24) is 4.98 Å². The number of carbonyl (C=O) groups excluding carboxylic acids is 1. The monoisotopic (exact) mass is 455 g/mol. The Morgan fingerprint density at radius 2 is 1.68 bits per heavy atom. The van der Waals surface area contributed by atoms with Crippen LogP contribution in [0.2, 0.25) is 0 Å². The Hall–Kier alpha value is -2.84. The zero-order valence-corrected chi connectivity index (χ0v) is 18.3. The molecule has 1 atom stereocenters. The minimum Gasteiger partial charge on any atom is -0.459 e. The van der Waals surface area contributed by atoms with Gasteiger partial charge in [0.05, 0.1) is 22.8 Å². The van der Waals surface area contributed by atoms with Gasteiger partial charge in [-0.3, -0.25) is 9.78 Å². The van der Waals surface area contributed by atoms with Crippen LogP contribution in [0.1, 0.15) is 11.3 Å². The SMILES string of the molecule is O=C(Cc1ccc(Oc2ccc(S(=O)(=O)CC3CS3)cc2)cc1)OCc1ccccn1. The van der Waals surface area contributed by atoms with E-state index in [4.69, 9.17) is 9.47 Å². The molecule has 160 valence electrons.